The van der Waals surface area contributed by atoms with Crippen LogP contribution in [0.1, 0.15) is 18.9 Å². The number of halogens is 1. The van der Waals surface area contributed by atoms with E-state index in [1.54, 1.807) is 23.1 Å². The van der Waals surface area contributed by atoms with Crippen molar-refractivity contribution in [2.45, 2.75) is 13.3 Å². The molecule has 2 rings (SSSR count). The molecule has 1 saturated heterocycles. The van der Waals surface area contributed by atoms with Gasteiger partial charge in [0.15, 0.2) is 5.12 Å². The van der Waals surface area contributed by atoms with E-state index in [4.69, 9.17) is 16.9 Å². The van der Waals surface area contributed by atoms with E-state index in [-0.39, 0.29) is 16.9 Å². The third kappa shape index (κ3) is 3.33. The number of carbonyl (C=O) groups excluding carboxylic acids is 2. The Morgan fingerprint density at radius 1 is 1.60 bits per heavy atom. The average Bonchev–Trinajstić information content (AvgIpc) is 2.77. The number of thioether (sulfide) groups is 1. The number of carbonyl (C=O) groups is 2. The molecule has 1 fully saturated rings. The largest absolute Gasteiger partial charge is 0.311 e. The Kier molecular flexibility index (Phi) is 4.69. The highest BCUT2D eigenvalue weighted by Gasteiger charge is 2.31. The van der Waals surface area contributed by atoms with Gasteiger partial charge < -0.3 is 4.90 Å². The summed E-state index contributed by atoms with van der Waals surface area (Å²) in [7, 11) is 0. The molecule has 20 heavy (non-hydrogen) atoms. The Hall–Kier alpha value is -1.51. The van der Waals surface area contributed by atoms with Gasteiger partial charge in [-0.15, -0.1) is 0 Å². The molecule has 1 aliphatic rings. The van der Waals surface area contributed by atoms with E-state index in [1.807, 2.05) is 6.07 Å². The van der Waals surface area contributed by atoms with Crippen molar-refractivity contribution in [1.82, 2.24) is 0 Å². The predicted octanol–water partition coefficient (Wildman–Crippen LogP) is 2.84. The average molecular weight is 309 g/mol. The fourth-order valence-corrected chi connectivity index (χ4v) is 3.13. The van der Waals surface area contributed by atoms with E-state index >= 15 is 0 Å². The maximum Gasteiger partial charge on any atom is 0.227 e. The highest BCUT2D eigenvalue weighted by atomic mass is 35.5. The fourth-order valence-electron chi connectivity index (χ4n) is 2.16. The number of nitriles is 1. The molecule has 104 valence electrons. The van der Waals surface area contributed by atoms with Crippen LogP contribution in [0.2, 0.25) is 5.02 Å². The van der Waals surface area contributed by atoms with E-state index in [1.165, 1.54) is 18.7 Å². The van der Waals surface area contributed by atoms with Crippen LogP contribution >= 0.6 is 23.4 Å². The lowest BCUT2D eigenvalue weighted by atomic mass is 10.1. The minimum atomic E-state index is 0.00533. The lowest BCUT2D eigenvalue weighted by molar-refractivity contribution is -0.117. The molecule has 0 saturated carbocycles. The van der Waals surface area contributed by atoms with Gasteiger partial charge in [0.1, 0.15) is 0 Å². The SMILES string of the molecule is CC(=O)SCC1CC(=O)N(c2ccc(C#N)cc2Cl)C1. The third-order valence-corrected chi connectivity index (χ3v) is 4.44. The van der Waals surface area contributed by atoms with Gasteiger partial charge in [-0.05, 0) is 24.1 Å². The molecule has 6 heteroatoms. The van der Waals surface area contributed by atoms with Gasteiger partial charge in [-0.1, -0.05) is 23.4 Å². The van der Waals surface area contributed by atoms with Gasteiger partial charge in [-0.25, -0.2) is 0 Å². The van der Waals surface area contributed by atoms with Crippen LogP contribution in [0.5, 0.6) is 0 Å². The maximum absolute atomic E-state index is 12.0. The Bertz CT molecular complexity index is 597. The van der Waals surface area contributed by atoms with Crippen LogP contribution in [0.25, 0.3) is 0 Å². The number of hydrogen-bond acceptors (Lipinski definition) is 4. The summed E-state index contributed by atoms with van der Waals surface area (Å²) in [6, 6.07) is 6.91. The molecule has 1 aliphatic heterocycles. The fraction of sp³-hybridized carbons (Fsp3) is 0.357. The molecule has 0 bridgehead atoms. The summed E-state index contributed by atoms with van der Waals surface area (Å²) in [4.78, 5) is 24.6. The van der Waals surface area contributed by atoms with E-state index in [9.17, 15) is 9.59 Å². The molecule has 0 radical (unpaired) electrons. The number of nitrogens with zero attached hydrogens (tertiary/aromatic N) is 2. The molecule has 1 heterocycles. The van der Waals surface area contributed by atoms with Gasteiger partial charge >= 0.3 is 0 Å². The van der Waals surface area contributed by atoms with Crippen LogP contribution in [0.3, 0.4) is 0 Å². The van der Waals surface area contributed by atoms with E-state index in [0.717, 1.165) is 0 Å². The molecule has 0 aliphatic carbocycles. The van der Waals surface area contributed by atoms with Crippen LogP contribution in [0.4, 0.5) is 5.69 Å². The van der Waals surface area contributed by atoms with Crippen LogP contribution in [-0.2, 0) is 9.59 Å². The van der Waals surface area contributed by atoms with Crippen molar-refractivity contribution in [3.8, 4) is 6.07 Å². The minimum Gasteiger partial charge on any atom is -0.311 e. The maximum atomic E-state index is 12.0. The number of benzene rings is 1. The molecule has 1 amide bonds. The summed E-state index contributed by atoms with van der Waals surface area (Å²) in [6.07, 6.45) is 0.427. The molecular weight excluding hydrogens is 296 g/mol. The first-order valence-electron chi connectivity index (χ1n) is 6.14. The molecule has 1 atom stereocenters. The molecule has 0 N–H and O–H groups in total. The summed E-state index contributed by atoms with van der Waals surface area (Å²) in [6.45, 7) is 2.08. The summed E-state index contributed by atoms with van der Waals surface area (Å²) < 4.78 is 0. The standard InChI is InChI=1S/C14H13ClN2O2S/c1-9(18)20-8-11-5-14(19)17(7-11)13-3-2-10(6-16)4-12(13)15/h2-4,11H,5,7-8H2,1H3. The van der Waals surface area contributed by atoms with E-state index in [0.29, 0.717) is 35.0 Å². The van der Waals surface area contributed by atoms with E-state index < -0.39 is 0 Å². The summed E-state index contributed by atoms with van der Waals surface area (Å²) >= 11 is 7.37. The zero-order valence-corrected chi connectivity index (χ0v) is 12.5. The number of rotatable bonds is 3. The van der Waals surface area contributed by atoms with Crippen molar-refractivity contribution in [3.63, 3.8) is 0 Å². The van der Waals surface area contributed by atoms with Crippen molar-refractivity contribution in [3.05, 3.63) is 28.8 Å². The minimum absolute atomic E-state index is 0.00533. The van der Waals surface area contributed by atoms with E-state index in [2.05, 4.69) is 0 Å². The van der Waals surface area contributed by atoms with Crippen molar-refractivity contribution in [1.29, 1.82) is 5.26 Å². The highest BCUT2D eigenvalue weighted by molar-refractivity contribution is 8.13. The van der Waals surface area contributed by atoms with Gasteiger partial charge in [0.05, 0.1) is 22.3 Å². The van der Waals surface area contributed by atoms with Gasteiger partial charge in [-0.3, -0.25) is 9.59 Å². The normalized spacial score (nSPS) is 18.1. The Labute approximate surface area is 126 Å². The summed E-state index contributed by atoms with van der Waals surface area (Å²) in [5, 5.41) is 9.27. The molecule has 1 aromatic carbocycles. The molecule has 1 aromatic rings. The third-order valence-electron chi connectivity index (χ3n) is 3.09. The molecular formula is C14H13ClN2O2S. The van der Waals surface area contributed by atoms with Gasteiger partial charge in [0.25, 0.3) is 0 Å². The lowest BCUT2D eigenvalue weighted by Crippen LogP contribution is -2.25. The summed E-state index contributed by atoms with van der Waals surface area (Å²) in [5.74, 6) is 0.805. The second-order valence-corrected chi connectivity index (χ2v) is 6.26. The second kappa shape index (κ2) is 6.29. The van der Waals surface area contributed by atoms with Crippen LogP contribution in [-0.4, -0.2) is 23.3 Å². The van der Waals surface area contributed by atoms with Gasteiger partial charge in [0, 0.05) is 25.6 Å². The quantitative estimate of drug-likeness (QED) is 0.861. The Morgan fingerprint density at radius 2 is 2.35 bits per heavy atom. The van der Waals surface area contributed by atoms with Crippen molar-refractivity contribution in [2.24, 2.45) is 5.92 Å². The molecule has 0 aromatic heterocycles. The lowest BCUT2D eigenvalue weighted by Gasteiger charge is -2.18. The first-order valence-corrected chi connectivity index (χ1v) is 7.51. The monoisotopic (exact) mass is 308 g/mol. The zero-order chi connectivity index (χ0) is 14.7. The zero-order valence-electron chi connectivity index (χ0n) is 10.9. The molecule has 1 unspecified atom stereocenters. The number of anilines is 1. The summed E-state index contributed by atoms with van der Waals surface area (Å²) in [5.41, 5.74) is 1.10. The highest BCUT2D eigenvalue weighted by Crippen LogP contribution is 2.32. The van der Waals surface area contributed by atoms with Gasteiger partial charge in [-0.2, -0.15) is 5.26 Å². The molecule has 0 spiro atoms. The smallest absolute Gasteiger partial charge is 0.227 e. The topological polar surface area (TPSA) is 61.2 Å². The van der Waals surface area contributed by atoms with Crippen LogP contribution < -0.4 is 4.90 Å². The van der Waals surface area contributed by atoms with Crippen LogP contribution in [0, 0.1) is 17.2 Å². The number of hydrogen-bond donors (Lipinski definition) is 0. The van der Waals surface area contributed by atoms with Crippen molar-refractivity contribution >= 4 is 40.1 Å². The Morgan fingerprint density at radius 3 is 2.95 bits per heavy atom. The molecule has 4 nitrogen and oxygen atoms in total. The predicted molar refractivity (Wildman–Crippen MR) is 79.8 cm³/mol. The number of amides is 1. The first kappa shape index (κ1) is 14.9. The van der Waals surface area contributed by atoms with Crippen LogP contribution in [0.15, 0.2) is 18.2 Å². The van der Waals surface area contributed by atoms with Gasteiger partial charge in [0.2, 0.25) is 5.91 Å². The van der Waals surface area contributed by atoms with Crippen molar-refractivity contribution < 1.29 is 9.59 Å². The second-order valence-electron chi connectivity index (χ2n) is 4.66. The van der Waals surface area contributed by atoms with Crippen molar-refractivity contribution in [2.75, 3.05) is 17.2 Å². The Balaban J connectivity index is 2.12. The first-order chi connectivity index (χ1) is 9.51.